The highest BCUT2D eigenvalue weighted by molar-refractivity contribution is 5.74. The molecule has 0 aliphatic heterocycles. The van der Waals surface area contributed by atoms with Crippen molar-refractivity contribution < 1.29 is 47.4 Å². The molecule has 1 rings (SSSR count). The van der Waals surface area contributed by atoms with Crippen molar-refractivity contribution in [2.24, 2.45) is 0 Å². The molecule has 10 heteroatoms. The number of aldehydes is 1. The fourth-order valence-electron chi connectivity index (χ4n) is 2.53. The molecule has 0 amide bonds. The summed E-state index contributed by atoms with van der Waals surface area (Å²) in [5, 5.41) is 0. The fourth-order valence-corrected chi connectivity index (χ4v) is 2.53. The highest BCUT2D eigenvalue weighted by atomic mass is 16.6. The van der Waals surface area contributed by atoms with Gasteiger partial charge in [-0.3, -0.25) is 4.79 Å². The van der Waals surface area contributed by atoms with Gasteiger partial charge in [0.05, 0.1) is 99.1 Å². The molecule has 0 fully saturated rings. The summed E-state index contributed by atoms with van der Waals surface area (Å²) in [5.74, 6) is 3.10. The molecule has 0 aromatic heterocycles. The summed E-state index contributed by atoms with van der Waals surface area (Å²) < 4.78 is 48.5. The normalized spacial score (nSPS) is 10.9. The van der Waals surface area contributed by atoms with Crippen molar-refractivity contribution >= 4 is 6.29 Å². The monoisotopic (exact) mass is 512 g/mol. The Hall–Kier alpha value is -2.07. The summed E-state index contributed by atoms with van der Waals surface area (Å²) in [6.07, 6.45) is 5.86. The quantitative estimate of drug-likeness (QED) is 0.0983. The van der Waals surface area contributed by atoms with E-state index in [1.807, 2.05) is 0 Å². The average molecular weight is 513 g/mol. The van der Waals surface area contributed by atoms with Crippen LogP contribution in [-0.4, -0.2) is 119 Å². The van der Waals surface area contributed by atoms with Gasteiger partial charge in [0.25, 0.3) is 0 Å². The van der Waals surface area contributed by atoms with E-state index in [2.05, 4.69) is 5.92 Å². The van der Waals surface area contributed by atoms with Crippen LogP contribution in [0.4, 0.5) is 0 Å². The van der Waals surface area contributed by atoms with E-state index >= 15 is 0 Å². The largest absolute Gasteiger partial charge is 0.491 e. The van der Waals surface area contributed by atoms with Crippen LogP contribution in [-0.2, 0) is 37.9 Å². The molecule has 0 spiro atoms. The van der Waals surface area contributed by atoms with Crippen molar-refractivity contribution in [1.82, 2.24) is 0 Å². The van der Waals surface area contributed by atoms with E-state index in [4.69, 9.17) is 49.1 Å². The van der Waals surface area contributed by atoms with Gasteiger partial charge in [-0.1, -0.05) is 5.92 Å². The number of carbonyl (C=O) groups excluding carboxylic acids is 1. The molecule has 0 bridgehead atoms. The molecular formula is C26H40O10. The smallest absolute Gasteiger partial charge is 0.150 e. The van der Waals surface area contributed by atoms with Crippen molar-refractivity contribution in [3.05, 3.63) is 29.8 Å². The summed E-state index contributed by atoms with van der Waals surface area (Å²) in [7, 11) is 0. The zero-order valence-electron chi connectivity index (χ0n) is 21.1. The number of hydrogen-bond donors (Lipinski definition) is 0. The second-order valence-corrected chi connectivity index (χ2v) is 7.08. The van der Waals surface area contributed by atoms with Crippen molar-refractivity contribution in [3.8, 4) is 18.1 Å². The van der Waals surface area contributed by atoms with Crippen LogP contribution in [0.5, 0.6) is 5.75 Å². The summed E-state index contributed by atoms with van der Waals surface area (Å²) in [4.78, 5) is 10.6. The van der Waals surface area contributed by atoms with Gasteiger partial charge in [0.1, 0.15) is 25.2 Å². The van der Waals surface area contributed by atoms with E-state index in [0.717, 1.165) is 6.29 Å². The minimum absolute atomic E-state index is 0.307. The third-order valence-electron chi connectivity index (χ3n) is 4.30. The molecule has 0 unspecified atom stereocenters. The predicted molar refractivity (Wildman–Crippen MR) is 133 cm³/mol. The number of hydrogen-bond acceptors (Lipinski definition) is 10. The molecule has 0 atom stereocenters. The number of ether oxygens (including phenoxy) is 9. The van der Waals surface area contributed by atoms with Gasteiger partial charge in [-0.2, -0.15) is 0 Å². The Kier molecular flexibility index (Phi) is 23.1. The molecule has 0 saturated carbocycles. The summed E-state index contributed by atoms with van der Waals surface area (Å²) >= 11 is 0. The maximum atomic E-state index is 10.6. The van der Waals surface area contributed by atoms with E-state index in [1.165, 1.54) is 0 Å². The molecule has 1 aromatic rings. The molecule has 36 heavy (non-hydrogen) atoms. The first-order valence-electron chi connectivity index (χ1n) is 12.1. The minimum atomic E-state index is 0.307. The zero-order chi connectivity index (χ0) is 25.8. The Morgan fingerprint density at radius 1 is 0.528 bits per heavy atom. The van der Waals surface area contributed by atoms with Gasteiger partial charge in [0, 0.05) is 5.56 Å². The lowest BCUT2D eigenvalue weighted by Gasteiger charge is -2.09. The Morgan fingerprint density at radius 3 is 1.19 bits per heavy atom. The molecule has 0 aliphatic carbocycles. The van der Waals surface area contributed by atoms with Gasteiger partial charge < -0.3 is 42.6 Å². The lowest BCUT2D eigenvalue weighted by molar-refractivity contribution is -0.0230. The van der Waals surface area contributed by atoms with E-state index in [0.29, 0.717) is 124 Å². The molecule has 1 aromatic carbocycles. The van der Waals surface area contributed by atoms with Crippen LogP contribution in [0.2, 0.25) is 0 Å². The second-order valence-electron chi connectivity index (χ2n) is 7.08. The fraction of sp³-hybridized carbons (Fsp3) is 0.654. The summed E-state index contributed by atoms with van der Waals surface area (Å²) in [5.41, 5.74) is 0.619. The third-order valence-corrected chi connectivity index (χ3v) is 4.30. The second kappa shape index (κ2) is 26.0. The van der Waals surface area contributed by atoms with Crippen molar-refractivity contribution in [3.63, 3.8) is 0 Å². The van der Waals surface area contributed by atoms with E-state index in [1.54, 1.807) is 24.3 Å². The first kappa shape index (κ1) is 32.0. The standard InChI is InChI=1S/C26H40O10/c1-2-7-28-8-9-29-10-11-30-12-13-31-14-15-32-16-17-33-18-19-34-20-21-35-22-23-36-26-5-3-25(24-27)4-6-26/h1,3-6,24H,7-23H2. The number of carbonyl (C=O) groups is 1. The van der Waals surface area contributed by atoms with Crippen molar-refractivity contribution in [1.29, 1.82) is 0 Å². The lowest BCUT2D eigenvalue weighted by atomic mass is 10.2. The maximum Gasteiger partial charge on any atom is 0.150 e. The molecule has 0 N–H and O–H groups in total. The number of benzene rings is 1. The van der Waals surface area contributed by atoms with Crippen LogP contribution in [0.1, 0.15) is 10.4 Å². The first-order chi connectivity index (χ1) is 17.9. The van der Waals surface area contributed by atoms with Crippen molar-refractivity contribution in [2.75, 3.05) is 112 Å². The van der Waals surface area contributed by atoms with Gasteiger partial charge in [-0.25, -0.2) is 0 Å². The van der Waals surface area contributed by atoms with Crippen LogP contribution in [0.3, 0.4) is 0 Å². The Morgan fingerprint density at radius 2 is 0.861 bits per heavy atom. The molecule has 0 aliphatic rings. The molecule has 204 valence electrons. The Bertz CT molecular complexity index is 647. The van der Waals surface area contributed by atoms with Crippen LogP contribution in [0, 0.1) is 12.3 Å². The number of rotatable bonds is 27. The highest BCUT2D eigenvalue weighted by Gasteiger charge is 1.97. The SMILES string of the molecule is C#CCOCCOCCOCCOCCOCCOCCOCCOCCOc1ccc(C=O)cc1. The van der Waals surface area contributed by atoms with E-state index in [-0.39, 0.29) is 0 Å². The minimum Gasteiger partial charge on any atom is -0.491 e. The van der Waals surface area contributed by atoms with Crippen LogP contribution in [0.15, 0.2) is 24.3 Å². The van der Waals surface area contributed by atoms with E-state index in [9.17, 15) is 4.79 Å². The van der Waals surface area contributed by atoms with Crippen LogP contribution in [0.25, 0.3) is 0 Å². The average Bonchev–Trinajstić information content (AvgIpc) is 2.91. The Labute approximate surface area is 214 Å². The first-order valence-corrected chi connectivity index (χ1v) is 12.1. The molecule has 0 radical (unpaired) electrons. The topological polar surface area (TPSA) is 100 Å². The van der Waals surface area contributed by atoms with Gasteiger partial charge in [-0.05, 0) is 24.3 Å². The molecule has 0 saturated heterocycles. The maximum absolute atomic E-state index is 10.6. The zero-order valence-corrected chi connectivity index (χ0v) is 21.1. The van der Waals surface area contributed by atoms with Gasteiger partial charge >= 0.3 is 0 Å². The van der Waals surface area contributed by atoms with E-state index < -0.39 is 0 Å². The highest BCUT2D eigenvalue weighted by Crippen LogP contribution is 2.10. The predicted octanol–water partition coefficient (Wildman–Crippen LogP) is 1.64. The summed E-state index contributed by atoms with van der Waals surface area (Å²) in [6.45, 7) is 8.23. The van der Waals surface area contributed by atoms with Crippen LogP contribution < -0.4 is 4.74 Å². The van der Waals surface area contributed by atoms with Crippen LogP contribution >= 0.6 is 0 Å². The van der Waals surface area contributed by atoms with Gasteiger partial charge in [0.2, 0.25) is 0 Å². The summed E-state index contributed by atoms with van der Waals surface area (Å²) in [6, 6.07) is 6.93. The molecule has 10 nitrogen and oxygen atoms in total. The Balaban J connectivity index is 1.67. The van der Waals surface area contributed by atoms with Crippen molar-refractivity contribution in [2.45, 2.75) is 0 Å². The molecule has 0 heterocycles. The molecular weight excluding hydrogens is 472 g/mol. The van der Waals surface area contributed by atoms with Gasteiger partial charge in [0.15, 0.2) is 0 Å². The lowest BCUT2D eigenvalue weighted by Crippen LogP contribution is -2.15. The number of terminal acetylenes is 1. The van der Waals surface area contributed by atoms with Gasteiger partial charge in [-0.15, -0.1) is 6.42 Å². The third kappa shape index (κ3) is 21.2.